The lowest BCUT2D eigenvalue weighted by atomic mass is 10.0. The minimum atomic E-state index is -0.245. The summed E-state index contributed by atoms with van der Waals surface area (Å²) in [6, 6.07) is 13.1. The summed E-state index contributed by atoms with van der Waals surface area (Å²) in [7, 11) is 0. The molecule has 0 fully saturated rings. The van der Waals surface area contributed by atoms with Crippen LogP contribution in [0.5, 0.6) is 5.75 Å². The zero-order valence-corrected chi connectivity index (χ0v) is 12.9. The maximum atomic E-state index is 6.04. The molecule has 0 spiro atoms. The Morgan fingerprint density at radius 1 is 1.00 bits per heavy atom. The molecule has 0 aliphatic carbocycles. The number of ether oxygens (including phenoxy) is 1. The van der Waals surface area contributed by atoms with Gasteiger partial charge in [-0.3, -0.25) is 0 Å². The van der Waals surface area contributed by atoms with Gasteiger partial charge in [-0.2, -0.15) is 0 Å². The summed E-state index contributed by atoms with van der Waals surface area (Å²) in [6.45, 7) is 3.96. The van der Waals surface area contributed by atoms with Crippen LogP contribution in [0.1, 0.15) is 24.2 Å². The highest BCUT2D eigenvalue weighted by molar-refractivity contribution is 6.34. The van der Waals surface area contributed by atoms with Crippen molar-refractivity contribution in [3.63, 3.8) is 0 Å². The Hall–Kier alpha value is -1.22. The Morgan fingerprint density at radius 3 is 2.05 bits per heavy atom. The van der Waals surface area contributed by atoms with Crippen molar-refractivity contribution in [1.29, 1.82) is 0 Å². The fourth-order valence-electron chi connectivity index (χ4n) is 1.98. The first-order valence-electron chi connectivity index (χ1n) is 6.40. The van der Waals surface area contributed by atoms with Crippen molar-refractivity contribution < 1.29 is 4.74 Å². The van der Waals surface area contributed by atoms with E-state index in [1.807, 2.05) is 38.1 Å². The van der Waals surface area contributed by atoms with Gasteiger partial charge in [0.15, 0.2) is 0 Å². The summed E-state index contributed by atoms with van der Waals surface area (Å²) in [6.07, 6.45) is -0.245. The lowest BCUT2D eigenvalue weighted by Crippen LogP contribution is -2.29. The van der Waals surface area contributed by atoms with Crippen LogP contribution in [0.3, 0.4) is 0 Å². The normalized spacial score (nSPS) is 13.8. The SMILES string of the molecule is Cc1ccc(C(Oc2cc(Cl)cc(Cl)c2)C(C)N)cc1. The smallest absolute Gasteiger partial charge is 0.138 e. The second-order valence-electron chi connectivity index (χ2n) is 4.91. The number of aryl methyl sites for hydroxylation is 1. The number of hydrogen-bond acceptors (Lipinski definition) is 2. The highest BCUT2D eigenvalue weighted by atomic mass is 35.5. The van der Waals surface area contributed by atoms with Gasteiger partial charge in [0.25, 0.3) is 0 Å². The maximum absolute atomic E-state index is 6.04. The molecular formula is C16H17Cl2NO. The molecule has 0 saturated heterocycles. The third-order valence-corrected chi connectivity index (χ3v) is 3.42. The third kappa shape index (κ3) is 3.89. The fraction of sp³-hybridized carbons (Fsp3) is 0.250. The molecule has 2 N–H and O–H groups in total. The standard InChI is InChI=1S/C16H17Cl2NO/c1-10-3-5-12(6-4-10)16(11(2)19)20-15-8-13(17)7-14(18)9-15/h3-9,11,16H,19H2,1-2H3. The van der Waals surface area contributed by atoms with Crippen LogP contribution in [0.4, 0.5) is 0 Å². The van der Waals surface area contributed by atoms with Gasteiger partial charge in [0, 0.05) is 16.1 Å². The van der Waals surface area contributed by atoms with Gasteiger partial charge >= 0.3 is 0 Å². The van der Waals surface area contributed by atoms with E-state index >= 15 is 0 Å². The van der Waals surface area contributed by atoms with Crippen molar-refractivity contribution in [1.82, 2.24) is 0 Å². The number of nitrogens with two attached hydrogens (primary N) is 1. The largest absolute Gasteiger partial charge is 0.484 e. The molecule has 2 rings (SSSR count). The fourth-order valence-corrected chi connectivity index (χ4v) is 2.48. The molecule has 0 saturated carbocycles. The van der Waals surface area contributed by atoms with Crippen LogP contribution in [0.15, 0.2) is 42.5 Å². The van der Waals surface area contributed by atoms with Crippen molar-refractivity contribution in [2.24, 2.45) is 5.73 Å². The molecule has 2 atom stereocenters. The van der Waals surface area contributed by atoms with E-state index in [-0.39, 0.29) is 12.1 Å². The van der Waals surface area contributed by atoms with Gasteiger partial charge in [-0.05, 0) is 37.6 Å². The molecule has 0 radical (unpaired) electrons. The van der Waals surface area contributed by atoms with Crippen molar-refractivity contribution in [2.75, 3.05) is 0 Å². The van der Waals surface area contributed by atoms with E-state index in [9.17, 15) is 0 Å². The molecule has 2 aromatic rings. The minimum Gasteiger partial charge on any atom is -0.484 e. The molecule has 0 aromatic heterocycles. The topological polar surface area (TPSA) is 35.2 Å². The molecule has 0 aliphatic rings. The van der Waals surface area contributed by atoms with Gasteiger partial charge in [-0.25, -0.2) is 0 Å². The van der Waals surface area contributed by atoms with E-state index in [4.69, 9.17) is 33.7 Å². The van der Waals surface area contributed by atoms with Gasteiger partial charge < -0.3 is 10.5 Å². The number of hydrogen-bond donors (Lipinski definition) is 1. The van der Waals surface area contributed by atoms with E-state index in [0.29, 0.717) is 15.8 Å². The van der Waals surface area contributed by atoms with Crippen LogP contribution in [-0.4, -0.2) is 6.04 Å². The zero-order chi connectivity index (χ0) is 14.7. The second-order valence-corrected chi connectivity index (χ2v) is 5.79. The molecule has 0 bridgehead atoms. The number of rotatable bonds is 4. The first-order chi connectivity index (χ1) is 9.45. The van der Waals surface area contributed by atoms with Gasteiger partial charge in [0.05, 0.1) is 0 Å². The lowest BCUT2D eigenvalue weighted by molar-refractivity contribution is 0.180. The molecule has 2 unspecified atom stereocenters. The van der Waals surface area contributed by atoms with Crippen molar-refractivity contribution in [3.05, 3.63) is 63.6 Å². The predicted molar refractivity (Wildman–Crippen MR) is 84.7 cm³/mol. The molecule has 20 heavy (non-hydrogen) atoms. The van der Waals surface area contributed by atoms with Crippen LogP contribution in [-0.2, 0) is 0 Å². The molecule has 0 amide bonds. The first kappa shape index (κ1) is 15.2. The molecule has 2 aromatic carbocycles. The summed E-state index contributed by atoms with van der Waals surface area (Å²) in [5.74, 6) is 0.616. The Balaban J connectivity index is 2.27. The summed E-state index contributed by atoms with van der Waals surface area (Å²) in [4.78, 5) is 0. The summed E-state index contributed by atoms with van der Waals surface area (Å²) in [5, 5.41) is 1.08. The molecule has 106 valence electrons. The Labute approximate surface area is 129 Å². The maximum Gasteiger partial charge on any atom is 0.138 e. The van der Waals surface area contributed by atoms with E-state index in [2.05, 4.69) is 0 Å². The van der Waals surface area contributed by atoms with Gasteiger partial charge in [0.2, 0.25) is 0 Å². The summed E-state index contributed by atoms with van der Waals surface area (Å²) >= 11 is 12.0. The van der Waals surface area contributed by atoms with E-state index in [0.717, 1.165) is 5.56 Å². The van der Waals surface area contributed by atoms with Crippen molar-refractivity contribution in [2.45, 2.75) is 26.0 Å². The Bertz CT molecular complexity index is 561. The zero-order valence-electron chi connectivity index (χ0n) is 11.4. The molecule has 4 heteroatoms. The molecule has 0 aliphatic heterocycles. The second kappa shape index (κ2) is 6.49. The highest BCUT2D eigenvalue weighted by Gasteiger charge is 2.18. The summed E-state index contributed by atoms with van der Waals surface area (Å²) in [5.41, 5.74) is 8.27. The van der Waals surface area contributed by atoms with Crippen molar-refractivity contribution in [3.8, 4) is 5.75 Å². The van der Waals surface area contributed by atoms with E-state index < -0.39 is 0 Å². The lowest BCUT2D eigenvalue weighted by Gasteiger charge is -2.23. The molecular weight excluding hydrogens is 293 g/mol. The number of benzene rings is 2. The highest BCUT2D eigenvalue weighted by Crippen LogP contribution is 2.29. The first-order valence-corrected chi connectivity index (χ1v) is 7.16. The van der Waals surface area contributed by atoms with Crippen LogP contribution >= 0.6 is 23.2 Å². The van der Waals surface area contributed by atoms with Gasteiger partial charge in [0.1, 0.15) is 11.9 Å². The van der Waals surface area contributed by atoms with Gasteiger partial charge in [-0.15, -0.1) is 0 Å². The Kier molecular flexibility index (Phi) is 4.92. The quantitative estimate of drug-likeness (QED) is 0.883. The summed E-state index contributed by atoms with van der Waals surface area (Å²) < 4.78 is 5.97. The van der Waals surface area contributed by atoms with Gasteiger partial charge in [-0.1, -0.05) is 53.0 Å². The number of halogens is 2. The predicted octanol–water partition coefficient (Wildman–Crippen LogP) is 4.77. The van der Waals surface area contributed by atoms with E-state index in [1.165, 1.54) is 5.56 Å². The molecule has 0 heterocycles. The molecule has 2 nitrogen and oxygen atoms in total. The Morgan fingerprint density at radius 2 is 1.55 bits per heavy atom. The van der Waals surface area contributed by atoms with Crippen LogP contribution in [0, 0.1) is 6.92 Å². The van der Waals surface area contributed by atoms with Crippen LogP contribution in [0.25, 0.3) is 0 Å². The van der Waals surface area contributed by atoms with Crippen LogP contribution < -0.4 is 10.5 Å². The monoisotopic (exact) mass is 309 g/mol. The average molecular weight is 310 g/mol. The third-order valence-electron chi connectivity index (χ3n) is 2.98. The van der Waals surface area contributed by atoms with E-state index in [1.54, 1.807) is 18.2 Å². The minimum absolute atomic E-state index is 0.157. The van der Waals surface area contributed by atoms with Crippen LogP contribution in [0.2, 0.25) is 10.0 Å². The van der Waals surface area contributed by atoms with Crippen molar-refractivity contribution >= 4 is 23.2 Å². The average Bonchev–Trinajstić information content (AvgIpc) is 2.36.